The molecule has 20 heavy (non-hydrogen) atoms. The highest BCUT2D eigenvalue weighted by atomic mass is 16.3. The van der Waals surface area contributed by atoms with Crippen molar-refractivity contribution in [2.24, 2.45) is 0 Å². The van der Waals surface area contributed by atoms with Gasteiger partial charge < -0.3 is 5.11 Å². The standard InChI is InChI=1S/C19H38O/c1-3-4-5-6-7-8-9-10-11-12-13-14-15-16-17-18-19(2)20/h13-14,19-20H,3-12,15-18H2,1-2H3/b14-13+. The van der Waals surface area contributed by atoms with Crippen LogP contribution >= 0.6 is 0 Å². The van der Waals surface area contributed by atoms with E-state index in [4.69, 9.17) is 5.11 Å². The van der Waals surface area contributed by atoms with Crippen LogP contribution in [0.4, 0.5) is 0 Å². The van der Waals surface area contributed by atoms with Gasteiger partial charge in [0, 0.05) is 0 Å². The fourth-order valence-electron chi connectivity index (χ4n) is 2.51. The van der Waals surface area contributed by atoms with Crippen LogP contribution in [0.1, 0.15) is 104 Å². The van der Waals surface area contributed by atoms with Gasteiger partial charge in [0.15, 0.2) is 0 Å². The maximum atomic E-state index is 9.14. The van der Waals surface area contributed by atoms with Gasteiger partial charge in [-0.15, -0.1) is 0 Å². The first-order valence-electron chi connectivity index (χ1n) is 9.10. The summed E-state index contributed by atoms with van der Waals surface area (Å²) >= 11 is 0. The summed E-state index contributed by atoms with van der Waals surface area (Å²) in [4.78, 5) is 0. The van der Waals surface area contributed by atoms with E-state index < -0.39 is 0 Å². The van der Waals surface area contributed by atoms with Gasteiger partial charge in [-0.25, -0.2) is 0 Å². The van der Waals surface area contributed by atoms with Crippen LogP contribution in [0.2, 0.25) is 0 Å². The lowest BCUT2D eigenvalue weighted by molar-refractivity contribution is 0.181. The first-order chi connectivity index (χ1) is 9.77. The first kappa shape index (κ1) is 19.7. The Hall–Kier alpha value is -0.300. The Morgan fingerprint density at radius 1 is 0.700 bits per heavy atom. The van der Waals surface area contributed by atoms with Gasteiger partial charge in [0.05, 0.1) is 6.10 Å². The molecule has 1 nitrogen and oxygen atoms in total. The number of allylic oxidation sites excluding steroid dienone is 2. The smallest absolute Gasteiger partial charge is 0.0512 e. The fraction of sp³-hybridized carbons (Fsp3) is 0.895. The third-order valence-electron chi connectivity index (χ3n) is 3.88. The van der Waals surface area contributed by atoms with E-state index in [9.17, 15) is 0 Å². The molecule has 1 heteroatoms. The van der Waals surface area contributed by atoms with Crippen molar-refractivity contribution in [3.8, 4) is 0 Å². The highest BCUT2D eigenvalue weighted by Crippen LogP contribution is 2.11. The van der Waals surface area contributed by atoms with Crippen LogP contribution in [0.25, 0.3) is 0 Å². The molecular formula is C19H38O. The summed E-state index contributed by atoms with van der Waals surface area (Å²) in [5.41, 5.74) is 0. The molecule has 1 N–H and O–H groups in total. The lowest BCUT2D eigenvalue weighted by Crippen LogP contribution is -1.97. The second-order valence-electron chi connectivity index (χ2n) is 6.22. The molecule has 0 saturated carbocycles. The number of rotatable bonds is 15. The molecule has 0 radical (unpaired) electrons. The molecule has 0 aromatic rings. The Morgan fingerprint density at radius 3 is 1.65 bits per heavy atom. The average Bonchev–Trinajstić information content (AvgIpc) is 2.43. The summed E-state index contributed by atoms with van der Waals surface area (Å²) in [6.45, 7) is 4.15. The van der Waals surface area contributed by atoms with Crippen molar-refractivity contribution < 1.29 is 5.11 Å². The molecule has 0 rings (SSSR count). The normalized spacial score (nSPS) is 13.2. The van der Waals surface area contributed by atoms with Crippen LogP contribution in [0, 0.1) is 0 Å². The van der Waals surface area contributed by atoms with Gasteiger partial charge in [0.1, 0.15) is 0 Å². The minimum atomic E-state index is -0.124. The zero-order valence-electron chi connectivity index (χ0n) is 14.1. The van der Waals surface area contributed by atoms with Crippen LogP contribution in [-0.2, 0) is 0 Å². The van der Waals surface area contributed by atoms with Gasteiger partial charge in [-0.3, -0.25) is 0 Å². The quantitative estimate of drug-likeness (QED) is 0.272. The maximum Gasteiger partial charge on any atom is 0.0512 e. The van der Waals surface area contributed by atoms with E-state index in [-0.39, 0.29) is 6.10 Å². The monoisotopic (exact) mass is 282 g/mol. The highest BCUT2D eigenvalue weighted by Gasteiger charge is 1.94. The predicted octanol–water partition coefficient (Wildman–Crippen LogP) is 6.40. The lowest BCUT2D eigenvalue weighted by atomic mass is 10.1. The molecule has 0 amide bonds. The van der Waals surface area contributed by atoms with Gasteiger partial charge in [0.2, 0.25) is 0 Å². The molecule has 0 aliphatic heterocycles. The molecule has 0 heterocycles. The van der Waals surface area contributed by atoms with Crippen molar-refractivity contribution in [1.29, 1.82) is 0 Å². The van der Waals surface area contributed by atoms with Crippen LogP contribution in [0.5, 0.6) is 0 Å². The van der Waals surface area contributed by atoms with E-state index in [0.29, 0.717) is 0 Å². The summed E-state index contributed by atoms with van der Waals surface area (Å²) in [5, 5.41) is 9.14. The van der Waals surface area contributed by atoms with Crippen molar-refractivity contribution in [1.82, 2.24) is 0 Å². The van der Waals surface area contributed by atoms with Gasteiger partial charge in [-0.05, 0) is 39.0 Å². The third kappa shape index (κ3) is 17.7. The summed E-state index contributed by atoms with van der Waals surface area (Å²) in [5.74, 6) is 0. The Labute approximate surface area is 127 Å². The molecule has 1 atom stereocenters. The molecule has 0 aromatic heterocycles. The van der Waals surface area contributed by atoms with Crippen LogP contribution in [0.3, 0.4) is 0 Å². The molecule has 1 unspecified atom stereocenters. The highest BCUT2D eigenvalue weighted by molar-refractivity contribution is 4.81. The Bertz CT molecular complexity index is 196. The number of hydrogen-bond donors (Lipinski definition) is 1. The largest absolute Gasteiger partial charge is 0.393 e. The molecule has 0 aliphatic rings. The second kappa shape index (κ2) is 16.8. The van der Waals surface area contributed by atoms with E-state index in [0.717, 1.165) is 12.8 Å². The Morgan fingerprint density at radius 2 is 1.15 bits per heavy atom. The van der Waals surface area contributed by atoms with Gasteiger partial charge in [-0.1, -0.05) is 76.9 Å². The number of aliphatic hydroxyl groups excluding tert-OH is 1. The van der Waals surface area contributed by atoms with E-state index in [1.807, 2.05) is 6.92 Å². The van der Waals surface area contributed by atoms with E-state index in [2.05, 4.69) is 19.1 Å². The van der Waals surface area contributed by atoms with E-state index >= 15 is 0 Å². The molecule has 0 aliphatic carbocycles. The van der Waals surface area contributed by atoms with Crippen molar-refractivity contribution in [3.05, 3.63) is 12.2 Å². The predicted molar refractivity (Wildman–Crippen MR) is 91.1 cm³/mol. The molecule has 0 aromatic carbocycles. The molecule has 0 spiro atoms. The Balaban J connectivity index is 3.04. The van der Waals surface area contributed by atoms with Crippen LogP contribution in [-0.4, -0.2) is 11.2 Å². The second-order valence-corrected chi connectivity index (χ2v) is 6.22. The molecule has 0 fully saturated rings. The van der Waals surface area contributed by atoms with Crippen LogP contribution < -0.4 is 0 Å². The fourth-order valence-corrected chi connectivity index (χ4v) is 2.51. The Kier molecular flexibility index (Phi) is 16.5. The van der Waals surface area contributed by atoms with Crippen molar-refractivity contribution >= 4 is 0 Å². The molecule has 0 saturated heterocycles. The minimum absolute atomic E-state index is 0.124. The zero-order chi connectivity index (χ0) is 14.9. The zero-order valence-corrected chi connectivity index (χ0v) is 14.1. The van der Waals surface area contributed by atoms with E-state index in [1.54, 1.807) is 0 Å². The van der Waals surface area contributed by atoms with Crippen LogP contribution in [0.15, 0.2) is 12.2 Å². The van der Waals surface area contributed by atoms with Gasteiger partial charge in [-0.2, -0.15) is 0 Å². The van der Waals surface area contributed by atoms with Crippen molar-refractivity contribution in [2.75, 3.05) is 0 Å². The summed E-state index contributed by atoms with van der Waals surface area (Å²) in [7, 11) is 0. The molecule has 120 valence electrons. The van der Waals surface area contributed by atoms with Gasteiger partial charge in [0.25, 0.3) is 0 Å². The summed E-state index contributed by atoms with van der Waals surface area (Å²) < 4.78 is 0. The first-order valence-corrected chi connectivity index (χ1v) is 9.10. The topological polar surface area (TPSA) is 20.2 Å². The lowest BCUT2D eigenvalue weighted by Gasteiger charge is -2.01. The number of aliphatic hydroxyl groups is 1. The van der Waals surface area contributed by atoms with Gasteiger partial charge >= 0.3 is 0 Å². The average molecular weight is 283 g/mol. The molecular weight excluding hydrogens is 244 g/mol. The summed E-state index contributed by atoms with van der Waals surface area (Å²) in [6, 6.07) is 0. The molecule has 0 bridgehead atoms. The third-order valence-corrected chi connectivity index (χ3v) is 3.88. The van der Waals surface area contributed by atoms with Crippen molar-refractivity contribution in [2.45, 2.75) is 110 Å². The van der Waals surface area contributed by atoms with E-state index in [1.165, 1.54) is 77.0 Å². The maximum absolute atomic E-state index is 9.14. The summed E-state index contributed by atoms with van der Waals surface area (Å²) in [6.07, 6.45) is 23.0. The van der Waals surface area contributed by atoms with Crippen molar-refractivity contribution in [3.63, 3.8) is 0 Å². The minimum Gasteiger partial charge on any atom is -0.393 e. The number of hydrogen-bond acceptors (Lipinski definition) is 1. The SMILES string of the molecule is CCCCCCCCCCC/C=C/CCCCC(C)O. The number of unbranched alkanes of at least 4 members (excludes halogenated alkanes) is 11.